The van der Waals surface area contributed by atoms with Gasteiger partial charge >= 0.3 is 0 Å². The number of anilines is 1. The summed E-state index contributed by atoms with van der Waals surface area (Å²) in [5.74, 6) is -1.42. The summed E-state index contributed by atoms with van der Waals surface area (Å²) in [5.41, 5.74) is 1.39. The molecule has 6 heteroatoms. The van der Waals surface area contributed by atoms with E-state index in [2.05, 4.69) is 4.90 Å². The molecular formula is C18H15NO5. The van der Waals surface area contributed by atoms with Crippen molar-refractivity contribution < 1.29 is 24.5 Å². The molecule has 0 unspecified atom stereocenters. The number of carbonyl (C=O) groups is 2. The second-order valence-corrected chi connectivity index (χ2v) is 5.88. The number of morpholine rings is 1. The minimum Gasteiger partial charge on any atom is -0.508 e. The Bertz CT molecular complexity index is 868. The summed E-state index contributed by atoms with van der Waals surface area (Å²) in [5, 5.41) is 19.6. The van der Waals surface area contributed by atoms with Crippen LogP contribution in [-0.2, 0) is 4.74 Å². The van der Waals surface area contributed by atoms with Crippen LogP contribution >= 0.6 is 0 Å². The lowest BCUT2D eigenvalue weighted by atomic mass is 9.83. The fraction of sp³-hybridized carbons (Fsp3) is 0.222. The zero-order valence-electron chi connectivity index (χ0n) is 12.8. The highest BCUT2D eigenvalue weighted by Gasteiger charge is 2.33. The molecule has 6 nitrogen and oxygen atoms in total. The van der Waals surface area contributed by atoms with Gasteiger partial charge in [-0.3, -0.25) is 9.59 Å². The van der Waals surface area contributed by atoms with Gasteiger partial charge in [0.1, 0.15) is 11.5 Å². The quantitative estimate of drug-likeness (QED) is 0.708. The van der Waals surface area contributed by atoms with E-state index < -0.39 is 5.78 Å². The maximum Gasteiger partial charge on any atom is 0.198 e. The Morgan fingerprint density at radius 1 is 0.875 bits per heavy atom. The lowest BCUT2D eigenvalue weighted by Gasteiger charge is -2.30. The second-order valence-electron chi connectivity index (χ2n) is 5.88. The Balaban J connectivity index is 1.83. The number of hydrogen-bond donors (Lipinski definition) is 2. The van der Waals surface area contributed by atoms with E-state index in [4.69, 9.17) is 4.74 Å². The van der Waals surface area contributed by atoms with Crippen LogP contribution in [0.2, 0.25) is 0 Å². The number of ether oxygens (including phenoxy) is 1. The average Bonchev–Trinajstić information content (AvgIpc) is 2.59. The average molecular weight is 325 g/mol. The Kier molecular flexibility index (Phi) is 3.28. The number of phenols is 2. The van der Waals surface area contributed by atoms with E-state index in [1.165, 1.54) is 6.07 Å². The molecule has 2 aromatic rings. The van der Waals surface area contributed by atoms with Crippen molar-refractivity contribution in [2.24, 2.45) is 0 Å². The Morgan fingerprint density at radius 2 is 1.62 bits per heavy atom. The molecule has 1 saturated heterocycles. The third-order valence-corrected chi connectivity index (χ3v) is 4.44. The molecule has 0 radical (unpaired) electrons. The topological polar surface area (TPSA) is 87.1 Å². The van der Waals surface area contributed by atoms with Crippen molar-refractivity contribution in [3.05, 3.63) is 52.6 Å². The minimum atomic E-state index is -0.411. The third kappa shape index (κ3) is 2.15. The Hall–Kier alpha value is -2.86. The lowest BCUT2D eigenvalue weighted by molar-refractivity contribution is 0.0976. The molecule has 0 bridgehead atoms. The molecule has 1 fully saturated rings. The maximum atomic E-state index is 12.8. The van der Waals surface area contributed by atoms with Crippen molar-refractivity contribution in [1.82, 2.24) is 0 Å². The first kappa shape index (κ1) is 14.7. The van der Waals surface area contributed by atoms with Crippen molar-refractivity contribution in [3.63, 3.8) is 0 Å². The van der Waals surface area contributed by atoms with E-state index in [0.717, 1.165) is 24.8 Å². The van der Waals surface area contributed by atoms with Gasteiger partial charge in [0, 0.05) is 41.5 Å². The van der Waals surface area contributed by atoms with Gasteiger partial charge in [-0.15, -0.1) is 0 Å². The van der Waals surface area contributed by atoms with Crippen molar-refractivity contribution in [2.75, 3.05) is 31.2 Å². The van der Waals surface area contributed by atoms with Crippen LogP contribution in [0.4, 0.5) is 5.69 Å². The lowest BCUT2D eigenvalue weighted by Crippen LogP contribution is -2.36. The zero-order valence-corrected chi connectivity index (χ0v) is 12.8. The van der Waals surface area contributed by atoms with Gasteiger partial charge in [0.15, 0.2) is 11.6 Å². The molecule has 1 aliphatic carbocycles. The normalized spacial score (nSPS) is 16.8. The van der Waals surface area contributed by atoms with Crippen molar-refractivity contribution in [1.29, 1.82) is 0 Å². The van der Waals surface area contributed by atoms with E-state index in [1.807, 2.05) is 0 Å². The Labute approximate surface area is 137 Å². The molecule has 2 aliphatic rings. The number of ketones is 2. The minimum absolute atomic E-state index is 0.0316. The van der Waals surface area contributed by atoms with Crippen LogP contribution in [-0.4, -0.2) is 48.1 Å². The SMILES string of the molecule is O=C1c2cc(N3CCOCC3)ccc2C(=O)c2c(O)cc(O)cc21. The largest absolute Gasteiger partial charge is 0.508 e. The van der Waals surface area contributed by atoms with Crippen molar-refractivity contribution in [2.45, 2.75) is 0 Å². The molecule has 2 N–H and O–H groups in total. The standard InChI is InChI=1S/C18H15NO5/c20-11-8-14-16(15(21)9-11)18(23)12-2-1-10(7-13(12)17(14)22)19-3-5-24-6-4-19/h1-2,7-9,20-21H,3-6H2. The van der Waals surface area contributed by atoms with E-state index in [0.29, 0.717) is 18.8 Å². The van der Waals surface area contributed by atoms with Gasteiger partial charge < -0.3 is 19.8 Å². The number of nitrogens with zero attached hydrogens (tertiary/aromatic N) is 1. The molecule has 0 spiro atoms. The van der Waals surface area contributed by atoms with Crippen molar-refractivity contribution >= 4 is 17.3 Å². The summed E-state index contributed by atoms with van der Waals surface area (Å²) >= 11 is 0. The highest BCUT2D eigenvalue weighted by atomic mass is 16.5. The van der Waals surface area contributed by atoms with Gasteiger partial charge in [0.05, 0.1) is 18.8 Å². The number of benzene rings is 2. The first-order valence-corrected chi connectivity index (χ1v) is 7.68. The third-order valence-electron chi connectivity index (χ3n) is 4.44. The van der Waals surface area contributed by atoms with Gasteiger partial charge in [0.25, 0.3) is 0 Å². The van der Waals surface area contributed by atoms with E-state index in [-0.39, 0.29) is 34.0 Å². The smallest absolute Gasteiger partial charge is 0.198 e. The van der Waals surface area contributed by atoms with Gasteiger partial charge in [0.2, 0.25) is 0 Å². The van der Waals surface area contributed by atoms with E-state index in [9.17, 15) is 19.8 Å². The highest BCUT2D eigenvalue weighted by Crippen LogP contribution is 2.36. The number of fused-ring (bicyclic) bond motifs is 2. The molecule has 2 aromatic carbocycles. The first-order chi connectivity index (χ1) is 11.6. The number of rotatable bonds is 1. The zero-order chi connectivity index (χ0) is 16.8. The summed E-state index contributed by atoms with van der Waals surface area (Å²) in [4.78, 5) is 27.5. The molecule has 4 rings (SSSR count). The summed E-state index contributed by atoms with van der Waals surface area (Å²) < 4.78 is 5.33. The molecule has 24 heavy (non-hydrogen) atoms. The van der Waals surface area contributed by atoms with Gasteiger partial charge in [-0.25, -0.2) is 0 Å². The predicted molar refractivity (Wildman–Crippen MR) is 86.1 cm³/mol. The van der Waals surface area contributed by atoms with Gasteiger partial charge in [-0.1, -0.05) is 0 Å². The van der Waals surface area contributed by atoms with Crippen LogP contribution < -0.4 is 4.90 Å². The molecule has 122 valence electrons. The summed E-state index contributed by atoms with van der Waals surface area (Å²) in [6, 6.07) is 7.41. The monoisotopic (exact) mass is 325 g/mol. The van der Waals surface area contributed by atoms with E-state index in [1.54, 1.807) is 18.2 Å². The van der Waals surface area contributed by atoms with Crippen LogP contribution in [0.5, 0.6) is 11.5 Å². The predicted octanol–water partition coefficient (Wildman–Crippen LogP) is 1.71. The van der Waals surface area contributed by atoms with Crippen LogP contribution in [0.3, 0.4) is 0 Å². The summed E-state index contributed by atoms with van der Waals surface area (Å²) in [7, 11) is 0. The molecule has 0 aromatic heterocycles. The summed E-state index contributed by atoms with van der Waals surface area (Å²) in [6.45, 7) is 2.68. The van der Waals surface area contributed by atoms with Crippen LogP contribution in [0.1, 0.15) is 31.8 Å². The second kappa shape index (κ2) is 5.35. The maximum absolute atomic E-state index is 12.8. The van der Waals surface area contributed by atoms with Crippen LogP contribution in [0, 0.1) is 0 Å². The molecule has 1 heterocycles. The van der Waals surface area contributed by atoms with Gasteiger partial charge in [-0.2, -0.15) is 0 Å². The number of phenolic OH excluding ortho intramolecular Hbond substituents is 2. The van der Waals surface area contributed by atoms with Gasteiger partial charge in [-0.05, 0) is 24.3 Å². The fourth-order valence-electron chi connectivity index (χ4n) is 3.25. The number of carbonyl (C=O) groups excluding carboxylic acids is 2. The van der Waals surface area contributed by atoms with Crippen LogP contribution in [0.25, 0.3) is 0 Å². The molecule has 0 saturated carbocycles. The molecule has 1 aliphatic heterocycles. The highest BCUT2D eigenvalue weighted by molar-refractivity contribution is 6.29. The Morgan fingerprint density at radius 3 is 2.38 bits per heavy atom. The molecule has 0 amide bonds. The van der Waals surface area contributed by atoms with Crippen LogP contribution in [0.15, 0.2) is 30.3 Å². The number of aromatic hydroxyl groups is 2. The number of hydrogen-bond acceptors (Lipinski definition) is 6. The molecule has 0 atom stereocenters. The van der Waals surface area contributed by atoms with Crippen molar-refractivity contribution in [3.8, 4) is 11.5 Å². The van der Waals surface area contributed by atoms with E-state index >= 15 is 0 Å². The summed E-state index contributed by atoms with van der Waals surface area (Å²) in [6.07, 6.45) is 0. The molecular weight excluding hydrogens is 310 g/mol. The fourth-order valence-corrected chi connectivity index (χ4v) is 3.25. The first-order valence-electron chi connectivity index (χ1n) is 7.68.